The van der Waals surface area contributed by atoms with Crippen molar-refractivity contribution in [3.63, 3.8) is 0 Å². The quantitative estimate of drug-likeness (QED) is 0.657. The normalized spacial score (nSPS) is 17.2. The molecule has 2 aromatic heterocycles. The maximum atomic E-state index is 5.94. The minimum atomic E-state index is 0.721. The minimum Gasteiger partial charge on any atom is -0.497 e. The third kappa shape index (κ3) is 3.96. The Morgan fingerprint density at radius 3 is 2.80 bits per heavy atom. The van der Waals surface area contributed by atoms with Gasteiger partial charge in [-0.15, -0.1) is 11.3 Å². The zero-order valence-corrected chi connectivity index (χ0v) is 18.3. The average molecular weight is 426 g/mol. The Balaban J connectivity index is 1.20. The van der Waals surface area contributed by atoms with Crippen molar-refractivity contribution in [1.29, 1.82) is 0 Å². The molecule has 1 aliphatic heterocycles. The molecule has 3 aromatic rings. The van der Waals surface area contributed by atoms with Crippen molar-refractivity contribution in [2.24, 2.45) is 0 Å². The van der Waals surface area contributed by atoms with Crippen molar-refractivity contribution in [2.75, 3.05) is 51.3 Å². The summed E-state index contributed by atoms with van der Waals surface area (Å²) in [5.41, 5.74) is 1.53. The smallest absolute Gasteiger partial charge is 0.141 e. The van der Waals surface area contributed by atoms with Crippen LogP contribution in [0.1, 0.15) is 23.3 Å². The maximum absolute atomic E-state index is 5.94. The summed E-state index contributed by atoms with van der Waals surface area (Å²) in [6, 6.07) is 7.82. The lowest BCUT2D eigenvalue weighted by Gasteiger charge is -2.33. The van der Waals surface area contributed by atoms with Crippen molar-refractivity contribution in [3.8, 4) is 11.5 Å². The van der Waals surface area contributed by atoms with E-state index in [1.807, 2.05) is 35.6 Å². The number of benzene rings is 1. The van der Waals surface area contributed by atoms with E-state index in [4.69, 9.17) is 14.5 Å². The predicted molar refractivity (Wildman–Crippen MR) is 120 cm³/mol. The summed E-state index contributed by atoms with van der Waals surface area (Å²) >= 11 is 1.88. The lowest BCUT2D eigenvalue weighted by molar-refractivity contribution is -0.900. The van der Waals surface area contributed by atoms with Gasteiger partial charge in [0.1, 0.15) is 41.6 Å². The van der Waals surface area contributed by atoms with Crippen molar-refractivity contribution in [2.45, 2.75) is 25.7 Å². The first-order valence-corrected chi connectivity index (χ1v) is 11.7. The molecule has 158 valence electrons. The number of rotatable bonds is 6. The number of anilines is 1. The first-order chi connectivity index (χ1) is 14.8. The Labute approximate surface area is 181 Å². The lowest BCUT2D eigenvalue weighted by atomic mass is 9.97. The van der Waals surface area contributed by atoms with Crippen LogP contribution >= 0.6 is 11.3 Å². The molecule has 1 fully saturated rings. The average Bonchev–Trinajstić information content (AvgIpc) is 3.19. The van der Waals surface area contributed by atoms with Gasteiger partial charge >= 0.3 is 0 Å². The number of nitrogens with one attached hydrogen (secondary N) is 1. The number of methoxy groups -OCH3 is 1. The van der Waals surface area contributed by atoms with Crippen LogP contribution in [0, 0.1) is 0 Å². The summed E-state index contributed by atoms with van der Waals surface area (Å²) in [6.45, 7) is 6.02. The van der Waals surface area contributed by atoms with Crippen LogP contribution in [0.15, 0.2) is 30.6 Å². The molecule has 5 rings (SSSR count). The van der Waals surface area contributed by atoms with Crippen molar-refractivity contribution < 1.29 is 14.4 Å². The topological polar surface area (TPSA) is 51.9 Å². The highest BCUT2D eigenvalue weighted by Gasteiger charge is 2.26. The Bertz CT molecular complexity index is 1010. The highest BCUT2D eigenvalue weighted by molar-refractivity contribution is 7.19. The van der Waals surface area contributed by atoms with Crippen LogP contribution in [0.3, 0.4) is 0 Å². The fourth-order valence-corrected chi connectivity index (χ4v) is 5.83. The molecule has 1 N–H and O–H groups in total. The van der Waals surface area contributed by atoms with Gasteiger partial charge in [0.2, 0.25) is 0 Å². The van der Waals surface area contributed by atoms with Crippen LogP contribution in [0.2, 0.25) is 0 Å². The second-order valence-electron chi connectivity index (χ2n) is 8.10. The third-order valence-electron chi connectivity index (χ3n) is 6.27. The van der Waals surface area contributed by atoms with Crippen molar-refractivity contribution in [3.05, 3.63) is 41.0 Å². The molecule has 0 radical (unpaired) electrons. The lowest BCUT2D eigenvalue weighted by Crippen LogP contribution is -3.15. The number of thiophene rings is 1. The van der Waals surface area contributed by atoms with Gasteiger partial charge in [-0.3, -0.25) is 0 Å². The maximum Gasteiger partial charge on any atom is 0.141 e. The zero-order chi connectivity index (χ0) is 20.3. The molecule has 2 aliphatic rings. The van der Waals surface area contributed by atoms with E-state index >= 15 is 0 Å². The number of hydrogen-bond acceptors (Lipinski definition) is 6. The SMILES string of the molecule is COc1cccc(OCC[NH+]2CCN(c3ncnc4sc5c(c34)CCCC5)CC2)c1. The highest BCUT2D eigenvalue weighted by Crippen LogP contribution is 2.39. The summed E-state index contributed by atoms with van der Waals surface area (Å²) in [5, 5.41) is 1.34. The van der Waals surface area contributed by atoms with Crippen LogP contribution < -0.4 is 19.3 Å². The Morgan fingerprint density at radius 1 is 1.10 bits per heavy atom. The number of fused-ring (bicyclic) bond motifs is 3. The fourth-order valence-electron chi connectivity index (χ4n) is 4.60. The van der Waals surface area contributed by atoms with E-state index in [0.29, 0.717) is 0 Å². The summed E-state index contributed by atoms with van der Waals surface area (Å²) in [4.78, 5) is 16.1. The van der Waals surface area contributed by atoms with Crippen molar-refractivity contribution >= 4 is 27.4 Å². The number of hydrogen-bond donors (Lipinski definition) is 1. The molecule has 3 heterocycles. The molecule has 1 aliphatic carbocycles. The zero-order valence-electron chi connectivity index (χ0n) is 17.5. The molecule has 0 atom stereocenters. The highest BCUT2D eigenvalue weighted by atomic mass is 32.1. The van der Waals surface area contributed by atoms with Crippen LogP contribution in [0.4, 0.5) is 5.82 Å². The number of ether oxygens (including phenoxy) is 2. The Kier molecular flexibility index (Phi) is 5.73. The predicted octanol–water partition coefficient (Wildman–Crippen LogP) is 2.36. The molecule has 7 heteroatoms. The number of aryl methyl sites for hydroxylation is 2. The first kappa shape index (κ1) is 19.6. The van der Waals surface area contributed by atoms with Gasteiger partial charge in [0.05, 0.1) is 38.7 Å². The second-order valence-corrected chi connectivity index (χ2v) is 9.19. The van der Waals surface area contributed by atoms with Crippen molar-refractivity contribution in [1.82, 2.24) is 9.97 Å². The Morgan fingerprint density at radius 2 is 1.93 bits per heavy atom. The molecule has 0 saturated carbocycles. The van der Waals surface area contributed by atoms with Crippen LogP contribution in [0.5, 0.6) is 11.5 Å². The summed E-state index contributed by atoms with van der Waals surface area (Å²) < 4.78 is 11.2. The molecule has 6 nitrogen and oxygen atoms in total. The molecule has 0 spiro atoms. The van der Waals surface area contributed by atoms with Gasteiger partial charge in [0.25, 0.3) is 0 Å². The van der Waals surface area contributed by atoms with E-state index in [1.165, 1.54) is 46.3 Å². The standard InChI is InChI=1S/C23H28N4O2S/c1-28-17-5-4-6-18(15-17)29-14-13-26-9-11-27(12-10-26)22-21-19-7-2-3-8-20(19)30-23(21)25-16-24-22/h4-6,15-16H,2-3,7-14H2,1H3/p+1. The molecular formula is C23H29N4O2S+. The van der Waals surface area contributed by atoms with Gasteiger partial charge in [-0.25, -0.2) is 9.97 Å². The summed E-state index contributed by atoms with van der Waals surface area (Å²) in [6.07, 6.45) is 6.74. The van der Waals surface area contributed by atoms with Crippen LogP contribution in [0.25, 0.3) is 10.2 Å². The first-order valence-electron chi connectivity index (χ1n) is 10.9. The molecule has 0 bridgehead atoms. The van der Waals surface area contributed by atoms with E-state index in [0.717, 1.165) is 56.6 Å². The van der Waals surface area contributed by atoms with Gasteiger partial charge in [-0.1, -0.05) is 6.07 Å². The number of aromatic nitrogens is 2. The third-order valence-corrected chi connectivity index (χ3v) is 7.47. The molecule has 0 amide bonds. The summed E-state index contributed by atoms with van der Waals surface area (Å²) in [5.74, 6) is 2.87. The van der Waals surface area contributed by atoms with Gasteiger partial charge in [-0.05, 0) is 43.4 Å². The number of piperazine rings is 1. The molecular weight excluding hydrogens is 396 g/mol. The van der Waals surface area contributed by atoms with Gasteiger partial charge in [0.15, 0.2) is 0 Å². The van der Waals surface area contributed by atoms with E-state index in [-0.39, 0.29) is 0 Å². The fraction of sp³-hybridized carbons (Fsp3) is 0.478. The van der Waals surface area contributed by atoms with E-state index in [1.54, 1.807) is 18.3 Å². The number of quaternary nitrogens is 1. The van der Waals surface area contributed by atoms with Gasteiger partial charge in [-0.2, -0.15) is 0 Å². The largest absolute Gasteiger partial charge is 0.497 e. The van der Waals surface area contributed by atoms with Gasteiger partial charge < -0.3 is 19.3 Å². The van der Waals surface area contributed by atoms with Crippen LogP contribution in [-0.2, 0) is 12.8 Å². The molecule has 30 heavy (non-hydrogen) atoms. The van der Waals surface area contributed by atoms with Gasteiger partial charge in [0, 0.05) is 10.9 Å². The molecule has 0 unspecified atom stereocenters. The monoisotopic (exact) mass is 425 g/mol. The molecule has 1 saturated heterocycles. The number of nitrogens with zero attached hydrogens (tertiary/aromatic N) is 3. The molecule has 1 aromatic carbocycles. The Hall–Kier alpha value is -2.38. The van der Waals surface area contributed by atoms with E-state index < -0.39 is 0 Å². The second kappa shape index (κ2) is 8.78. The minimum absolute atomic E-state index is 0.721. The summed E-state index contributed by atoms with van der Waals surface area (Å²) in [7, 11) is 1.68. The van der Waals surface area contributed by atoms with E-state index in [2.05, 4.69) is 9.88 Å². The van der Waals surface area contributed by atoms with E-state index in [9.17, 15) is 0 Å². The van der Waals surface area contributed by atoms with Crippen LogP contribution in [-0.4, -0.2) is 56.4 Å².